The quantitative estimate of drug-likeness (QED) is 0.865. The number of amides is 1. The van der Waals surface area contributed by atoms with Crippen molar-refractivity contribution in [2.75, 3.05) is 0 Å². The van der Waals surface area contributed by atoms with E-state index < -0.39 is 0 Å². The summed E-state index contributed by atoms with van der Waals surface area (Å²) in [6.07, 6.45) is 7.45. The topological polar surface area (TPSA) is 54.9 Å². The number of carbonyl (C=O) groups is 1. The van der Waals surface area contributed by atoms with E-state index >= 15 is 0 Å². The second-order valence-corrected chi connectivity index (χ2v) is 5.70. The number of carbonyl (C=O) groups excluding carboxylic acids is 1. The van der Waals surface area contributed by atoms with Gasteiger partial charge in [0.25, 0.3) is 5.91 Å². The summed E-state index contributed by atoms with van der Waals surface area (Å²) in [7, 11) is 0. The zero-order valence-electron chi connectivity index (χ0n) is 11.1. The molecule has 1 saturated carbocycles. The Morgan fingerprint density at radius 2 is 1.90 bits per heavy atom. The first-order chi connectivity index (χ1) is 9.74. The fourth-order valence-corrected chi connectivity index (χ4v) is 2.95. The lowest BCUT2D eigenvalue weighted by molar-refractivity contribution is 0.0929. The molecule has 2 aromatic rings. The third kappa shape index (κ3) is 2.75. The molecule has 1 N–H and O–H groups in total. The molecular formula is C15H16ClN3O. The van der Waals surface area contributed by atoms with E-state index in [0.717, 1.165) is 36.7 Å². The van der Waals surface area contributed by atoms with Crippen molar-refractivity contribution in [2.24, 2.45) is 0 Å². The third-order valence-corrected chi connectivity index (χ3v) is 4.25. The lowest BCUT2D eigenvalue weighted by Gasteiger charge is -2.27. The van der Waals surface area contributed by atoms with Crippen LogP contribution in [0.15, 0.2) is 30.6 Å². The van der Waals surface area contributed by atoms with E-state index in [4.69, 9.17) is 11.6 Å². The number of aromatic nitrogens is 2. The van der Waals surface area contributed by atoms with Crippen LogP contribution >= 0.6 is 11.6 Å². The van der Waals surface area contributed by atoms with E-state index in [1.807, 2.05) is 6.07 Å². The average Bonchev–Trinajstić information content (AvgIpc) is 2.49. The summed E-state index contributed by atoms with van der Waals surface area (Å²) >= 11 is 6.27. The number of benzene rings is 1. The standard InChI is InChI=1S/C15H16ClN3O/c16-11-3-1-2-4-12(11)19-15(20)10-5-6-13-14(9-10)18-8-7-17-13/h5-9,11-12H,1-4H2,(H,19,20). The van der Waals surface area contributed by atoms with Gasteiger partial charge >= 0.3 is 0 Å². The Morgan fingerprint density at radius 3 is 2.70 bits per heavy atom. The molecule has 4 nitrogen and oxygen atoms in total. The van der Waals surface area contributed by atoms with Gasteiger partial charge in [-0.3, -0.25) is 14.8 Å². The van der Waals surface area contributed by atoms with Gasteiger partial charge in [-0.15, -0.1) is 11.6 Å². The van der Waals surface area contributed by atoms with E-state index in [-0.39, 0.29) is 17.3 Å². The van der Waals surface area contributed by atoms with Crippen LogP contribution in [0.25, 0.3) is 11.0 Å². The van der Waals surface area contributed by atoms with Crippen LogP contribution < -0.4 is 5.32 Å². The van der Waals surface area contributed by atoms with Gasteiger partial charge in [0, 0.05) is 24.0 Å². The number of hydrogen-bond donors (Lipinski definition) is 1. The molecule has 0 aliphatic heterocycles. The van der Waals surface area contributed by atoms with Gasteiger partial charge in [-0.05, 0) is 31.0 Å². The highest BCUT2D eigenvalue weighted by Crippen LogP contribution is 2.23. The Morgan fingerprint density at radius 1 is 1.15 bits per heavy atom. The van der Waals surface area contributed by atoms with Crippen LogP contribution in [0.1, 0.15) is 36.0 Å². The van der Waals surface area contributed by atoms with Crippen molar-refractivity contribution in [1.29, 1.82) is 0 Å². The molecule has 104 valence electrons. The maximum atomic E-state index is 12.3. The highest BCUT2D eigenvalue weighted by molar-refractivity contribution is 6.21. The zero-order chi connectivity index (χ0) is 13.9. The highest BCUT2D eigenvalue weighted by atomic mass is 35.5. The van der Waals surface area contributed by atoms with Crippen LogP contribution in [0.5, 0.6) is 0 Å². The maximum absolute atomic E-state index is 12.3. The molecule has 0 spiro atoms. The van der Waals surface area contributed by atoms with Gasteiger partial charge in [-0.25, -0.2) is 0 Å². The number of fused-ring (bicyclic) bond motifs is 1. The Bertz CT molecular complexity index is 631. The molecule has 0 radical (unpaired) electrons. The minimum atomic E-state index is -0.0879. The summed E-state index contributed by atoms with van der Waals surface area (Å²) in [4.78, 5) is 20.7. The summed E-state index contributed by atoms with van der Waals surface area (Å²) in [6, 6.07) is 5.42. The number of nitrogens with one attached hydrogen (secondary N) is 1. The van der Waals surface area contributed by atoms with Gasteiger partial charge in [0.2, 0.25) is 0 Å². The molecule has 0 bridgehead atoms. The SMILES string of the molecule is O=C(NC1CCCCC1Cl)c1ccc2nccnc2c1. The van der Waals surface area contributed by atoms with Crippen LogP contribution in [0.4, 0.5) is 0 Å². The molecule has 1 amide bonds. The minimum absolute atomic E-state index is 0.0351. The van der Waals surface area contributed by atoms with Gasteiger partial charge in [-0.2, -0.15) is 0 Å². The fourth-order valence-electron chi connectivity index (χ4n) is 2.60. The largest absolute Gasteiger partial charge is 0.348 e. The summed E-state index contributed by atoms with van der Waals surface area (Å²) in [5, 5.41) is 3.07. The number of nitrogens with zero attached hydrogens (tertiary/aromatic N) is 2. The molecule has 2 unspecified atom stereocenters. The predicted octanol–water partition coefficient (Wildman–Crippen LogP) is 2.91. The molecule has 0 saturated heterocycles. The van der Waals surface area contributed by atoms with Crippen molar-refractivity contribution in [3.05, 3.63) is 36.2 Å². The smallest absolute Gasteiger partial charge is 0.251 e. The van der Waals surface area contributed by atoms with Crippen LogP contribution in [-0.4, -0.2) is 27.3 Å². The van der Waals surface area contributed by atoms with Crippen LogP contribution in [0.2, 0.25) is 0 Å². The molecule has 3 rings (SSSR count). The molecule has 5 heteroatoms. The minimum Gasteiger partial charge on any atom is -0.348 e. The Hall–Kier alpha value is -1.68. The van der Waals surface area contributed by atoms with Crippen molar-refractivity contribution in [3.63, 3.8) is 0 Å². The maximum Gasteiger partial charge on any atom is 0.251 e. The van der Waals surface area contributed by atoms with Crippen molar-refractivity contribution < 1.29 is 4.79 Å². The van der Waals surface area contributed by atoms with Gasteiger partial charge in [-0.1, -0.05) is 12.8 Å². The Kier molecular flexibility index (Phi) is 3.83. The van der Waals surface area contributed by atoms with Gasteiger partial charge in [0.15, 0.2) is 0 Å². The molecule has 1 heterocycles. The summed E-state index contributed by atoms with van der Waals surface area (Å²) in [5.74, 6) is -0.0879. The predicted molar refractivity (Wildman–Crippen MR) is 78.9 cm³/mol. The third-order valence-electron chi connectivity index (χ3n) is 3.73. The van der Waals surface area contributed by atoms with E-state index in [1.54, 1.807) is 24.5 Å². The molecule has 2 atom stereocenters. The molecule has 1 aromatic heterocycles. The van der Waals surface area contributed by atoms with Crippen molar-refractivity contribution in [1.82, 2.24) is 15.3 Å². The van der Waals surface area contributed by atoms with Crippen LogP contribution in [0, 0.1) is 0 Å². The van der Waals surface area contributed by atoms with E-state index in [0.29, 0.717) is 5.56 Å². The van der Waals surface area contributed by atoms with Crippen LogP contribution in [0.3, 0.4) is 0 Å². The average molecular weight is 290 g/mol. The molecule has 20 heavy (non-hydrogen) atoms. The summed E-state index contributed by atoms with van der Waals surface area (Å²) in [5.41, 5.74) is 2.12. The second kappa shape index (κ2) is 5.75. The normalized spacial score (nSPS) is 22.6. The fraction of sp³-hybridized carbons (Fsp3) is 0.400. The van der Waals surface area contributed by atoms with Crippen molar-refractivity contribution >= 4 is 28.5 Å². The van der Waals surface area contributed by atoms with E-state index in [1.165, 1.54) is 0 Å². The Balaban J connectivity index is 1.78. The summed E-state index contributed by atoms with van der Waals surface area (Å²) in [6.45, 7) is 0. The van der Waals surface area contributed by atoms with Gasteiger partial charge < -0.3 is 5.32 Å². The van der Waals surface area contributed by atoms with E-state index in [9.17, 15) is 4.79 Å². The number of rotatable bonds is 2. The van der Waals surface area contributed by atoms with Crippen molar-refractivity contribution in [2.45, 2.75) is 37.1 Å². The first kappa shape index (κ1) is 13.3. The lowest BCUT2D eigenvalue weighted by Crippen LogP contribution is -2.42. The highest BCUT2D eigenvalue weighted by Gasteiger charge is 2.24. The molecule has 1 fully saturated rings. The molecule has 1 aliphatic carbocycles. The molecular weight excluding hydrogens is 274 g/mol. The van der Waals surface area contributed by atoms with E-state index in [2.05, 4.69) is 15.3 Å². The second-order valence-electron chi connectivity index (χ2n) is 5.14. The molecule has 1 aromatic carbocycles. The molecule has 1 aliphatic rings. The number of hydrogen-bond acceptors (Lipinski definition) is 3. The zero-order valence-corrected chi connectivity index (χ0v) is 11.8. The number of alkyl halides is 1. The monoisotopic (exact) mass is 289 g/mol. The van der Waals surface area contributed by atoms with Crippen molar-refractivity contribution in [3.8, 4) is 0 Å². The van der Waals surface area contributed by atoms with Crippen LogP contribution in [-0.2, 0) is 0 Å². The lowest BCUT2D eigenvalue weighted by atomic mass is 9.94. The first-order valence-electron chi connectivity index (χ1n) is 6.90. The first-order valence-corrected chi connectivity index (χ1v) is 7.33. The van der Waals surface area contributed by atoms with Gasteiger partial charge in [0.05, 0.1) is 16.4 Å². The van der Waals surface area contributed by atoms with Gasteiger partial charge in [0.1, 0.15) is 0 Å². The number of halogens is 1. The Labute approximate surface area is 122 Å². The summed E-state index contributed by atoms with van der Waals surface area (Å²) < 4.78 is 0.